The Morgan fingerprint density at radius 3 is 1.92 bits per heavy atom. The molecule has 2 aliphatic rings. The maximum atomic E-state index is 3.83. The van der Waals surface area contributed by atoms with E-state index >= 15 is 0 Å². The van der Waals surface area contributed by atoms with Gasteiger partial charge in [0.15, 0.2) is 0 Å². The summed E-state index contributed by atoms with van der Waals surface area (Å²) >= 11 is 7.65. The zero-order valence-corrected chi connectivity index (χ0v) is 11.1. The molecule has 0 aromatic rings. The molecule has 0 unspecified atom stereocenters. The minimum absolute atomic E-state index is 0.233. The van der Waals surface area contributed by atoms with Crippen molar-refractivity contribution in [2.45, 2.75) is 43.3 Å². The molecular formula is C10H16Br2. The highest BCUT2D eigenvalue weighted by Crippen LogP contribution is 2.72. The van der Waals surface area contributed by atoms with Gasteiger partial charge in [-0.25, -0.2) is 0 Å². The summed E-state index contributed by atoms with van der Waals surface area (Å²) in [7, 11) is 0. The van der Waals surface area contributed by atoms with E-state index in [2.05, 4.69) is 52.6 Å². The van der Waals surface area contributed by atoms with E-state index in [9.17, 15) is 0 Å². The van der Waals surface area contributed by atoms with Gasteiger partial charge in [-0.2, -0.15) is 0 Å². The molecule has 0 aliphatic heterocycles. The van der Waals surface area contributed by atoms with Crippen LogP contribution in [0.25, 0.3) is 0 Å². The van der Waals surface area contributed by atoms with E-state index in [0.29, 0.717) is 10.8 Å². The smallest absolute Gasteiger partial charge is 0.0724 e. The first kappa shape index (κ1) is 9.51. The third kappa shape index (κ3) is 0.943. The SMILES string of the molecule is CC1(C)[C@@H]2CC[C@@]1(C)CC2(Br)Br. The Morgan fingerprint density at radius 1 is 1.17 bits per heavy atom. The van der Waals surface area contributed by atoms with Crippen molar-refractivity contribution < 1.29 is 0 Å². The first-order chi connectivity index (χ1) is 5.30. The Balaban J connectivity index is 2.43. The number of hydrogen-bond acceptors (Lipinski definition) is 0. The van der Waals surface area contributed by atoms with Gasteiger partial charge in [-0.15, -0.1) is 0 Å². The highest BCUT2D eigenvalue weighted by Gasteiger charge is 2.65. The van der Waals surface area contributed by atoms with Crippen LogP contribution in [0.4, 0.5) is 0 Å². The van der Waals surface area contributed by atoms with Crippen LogP contribution in [0, 0.1) is 16.7 Å². The highest BCUT2D eigenvalue weighted by molar-refractivity contribution is 9.25. The van der Waals surface area contributed by atoms with Crippen molar-refractivity contribution in [2.75, 3.05) is 0 Å². The van der Waals surface area contributed by atoms with Crippen LogP contribution in [0.3, 0.4) is 0 Å². The second-order valence-corrected chi connectivity index (χ2v) is 9.21. The van der Waals surface area contributed by atoms with Gasteiger partial charge in [-0.1, -0.05) is 52.6 Å². The molecule has 0 heterocycles. The lowest BCUT2D eigenvalue weighted by Gasteiger charge is -2.33. The van der Waals surface area contributed by atoms with Crippen LogP contribution in [0.5, 0.6) is 0 Å². The summed E-state index contributed by atoms with van der Waals surface area (Å²) in [5, 5.41) is 0. The lowest BCUT2D eigenvalue weighted by molar-refractivity contribution is 0.152. The van der Waals surface area contributed by atoms with E-state index in [-0.39, 0.29) is 3.23 Å². The lowest BCUT2D eigenvalue weighted by atomic mass is 9.71. The minimum atomic E-state index is 0.233. The lowest BCUT2D eigenvalue weighted by Crippen LogP contribution is -2.27. The van der Waals surface area contributed by atoms with E-state index in [1.54, 1.807) is 0 Å². The Kier molecular flexibility index (Phi) is 1.83. The summed E-state index contributed by atoms with van der Waals surface area (Å²) < 4.78 is 0.233. The fraction of sp³-hybridized carbons (Fsp3) is 1.00. The van der Waals surface area contributed by atoms with Crippen LogP contribution in [0.1, 0.15) is 40.0 Å². The summed E-state index contributed by atoms with van der Waals surface area (Å²) in [5.74, 6) is 0.801. The molecule has 2 bridgehead atoms. The molecule has 70 valence electrons. The molecule has 2 rings (SSSR count). The molecule has 0 amide bonds. The van der Waals surface area contributed by atoms with Crippen molar-refractivity contribution in [1.29, 1.82) is 0 Å². The summed E-state index contributed by atoms with van der Waals surface area (Å²) in [4.78, 5) is 0. The van der Waals surface area contributed by atoms with Crippen molar-refractivity contribution >= 4 is 31.9 Å². The van der Waals surface area contributed by atoms with E-state index < -0.39 is 0 Å². The fourth-order valence-corrected chi connectivity index (χ4v) is 6.11. The molecule has 0 aromatic heterocycles. The predicted molar refractivity (Wildman–Crippen MR) is 59.8 cm³/mol. The summed E-state index contributed by atoms with van der Waals surface area (Å²) in [5.41, 5.74) is 1.05. The average Bonchev–Trinajstić information content (AvgIpc) is 2.08. The van der Waals surface area contributed by atoms with Crippen LogP contribution < -0.4 is 0 Å². The number of hydrogen-bond donors (Lipinski definition) is 0. The van der Waals surface area contributed by atoms with Gasteiger partial charge in [0.2, 0.25) is 0 Å². The maximum Gasteiger partial charge on any atom is 0.0844 e. The van der Waals surface area contributed by atoms with Gasteiger partial charge in [0.05, 0.1) is 3.23 Å². The molecule has 0 nitrogen and oxygen atoms in total. The Morgan fingerprint density at radius 2 is 1.75 bits per heavy atom. The molecule has 2 atom stereocenters. The third-order valence-electron chi connectivity index (χ3n) is 4.55. The first-order valence-corrected chi connectivity index (χ1v) is 6.26. The molecule has 0 aromatic carbocycles. The largest absolute Gasteiger partial charge is 0.0844 e. The highest BCUT2D eigenvalue weighted by atomic mass is 79.9. The second kappa shape index (κ2) is 2.31. The first-order valence-electron chi connectivity index (χ1n) is 4.67. The van der Waals surface area contributed by atoms with Crippen LogP contribution in [-0.2, 0) is 0 Å². The Hall–Kier alpha value is 0.960. The van der Waals surface area contributed by atoms with Crippen LogP contribution in [0.15, 0.2) is 0 Å². The monoisotopic (exact) mass is 294 g/mol. The van der Waals surface area contributed by atoms with Gasteiger partial charge in [0.1, 0.15) is 0 Å². The van der Waals surface area contributed by atoms with Gasteiger partial charge < -0.3 is 0 Å². The third-order valence-corrected chi connectivity index (χ3v) is 6.21. The van der Waals surface area contributed by atoms with Gasteiger partial charge in [0.25, 0.3) is 0 Å². The van der Waals surface area contributed by atoms with Gasteiger partial charge >= 0.3 is 0 Å². The number of alkyl halides is 2. The second-order valence-electron chi connectivity index (χ2n) is 5.31. The van der Waals surface area contributed by atoms with Crippen molar-refractivity contribution in [3.05, 3.63) is 0 Å². The van der Waals surface area contributed by atoms with E-state index in [1.807, 2.05) is 0 Å². The zero-order chi connectivity index (χ0) is 9.20. The normalized spacial score (nSPS) is 48.2. The quantitative estimate of drug-likeness (QED) is 0.584. The number of rotatable bonds is 0. The Labute approximate surface area is 91.7 Å². The molecule has 0 N–H and O–H groups in total. The molecule has 2 saturated carbocycles. The van der Waals surface area contributed by atoms with Crippen molar-refractivity contribution in [3.8, 4) is 0 Å². The molecule has 2 heteroatoms. The summed E-state index contributed by atoms with van der Waals surface area (Å²) in [6.45, 7) is 7.29. The number of halogens is 2. The van der Waals surface area contributed by atoms with E-state index in [1.165, 1.54) is 19.3 Å². The standard InChI is InChI=1S/C10H16Br2/c1-8(2)7-4-5-9(8,3)6-10(7,11)12/h7H,4-6H2,1-3H3/t7-,9-/m0/s1. The molecule has 0 spiro atoms. The zero-order valence-electron chi connectivity index (χ0n) is 7.95. The summed E-state index contributed by atoms with van der Waals surface area (Å²) in [6.07, 6.45) is 4.06. The molecule has 2 fully saturated rings. The van der Waals surface area contributed by atoms with Crippen LogP contribution >= 0.6 is 31.9 Å². The molecule has 0 saturated heterocycles. The Bertz CT molecular complexity index is 217. The van der Waals surface area contributed by atoms with Crippen LogP contribution in [-0.4, -0.2) is 3.23 Å². The number of fused-ring (bicyclic) bond motifs is 2. The van der Waals surface area contributed by atoms with Gasteiger partial charge in [-0.05, 0) is 36.0 Å². The van der Waals surface area contributed by atoms with Crippen molar-refractivity contribution in [2.24, 2.45) is 16.7 Å². The van der Waals surface area contributed by atoms with Gasteiger partial charge in [-0.3, -0.25) is 0 Å². The van der Waals surface area contributed by atoms with E-state index in [0.717, 1.165) is 5.92 Å². The molecule has 12 heavy (non-hydrogen) atoms. The molecule has 0 radical (unpaired) electrons. The van der Waals surface area contributed by atoms with Crippen molar-refractivity contribution in [1.82, 2.24) is 0 Å². The molecular weight excluding hydrogens is 280 g/mol. The fourth-order valence-electron chi connectivity index (χ4n) is 3.27. The van der Waals surface area contributed by atoms with E-state index in [4.69, 9.17) is 0 Å². The molecule has 2 aliphatic carbocycles. The van der Waals surface area contributed by atoms with Gasteiger partial charge in [0, 0.05) is 0 Å². The van der Waals surface area contributed by atoms with Crippen molar-refractivity contribution in [3.63, 3.8) is 0 Å². The minimum Gasteiger partial charge on any atom is -0.0724 e. The predicted octanol–water partition coefficient (Wildman–Crippen LogP) is 4.32. The average molecular weight is 296 g/mol. The maximum absolute atomic E-state index is 3.83. The summed E-state index contributed by atoms with van der Waals surface area (Å²) in [6, 6.07) is 0. The van der Waals surface area contributed by atoms with Crippen LogP contribution in [0.2, 0.25) is 0 Å². The topological polar surface area (TPSA) is 0 Å².